The fourth-order valence-electron chi connectivity index (χ4n) is 2.91. The molecule has 1 aliphatic rings. The zero-order valence-electron chi connectivity index (χ0n) is 13.4. The van der Waals surface area contributed by atoms with Crippen molar-refractivity contribution >= 4 is 23.5 Å². The van der Waals surface area contributed by atoms with Gasteiger partial charge >= 0.3 is 5.97 Å². The monoisotopic (exact) mass is 359 g/mol. The number of hydrogen-bond acceptors (Lipinski definition) is 3. The minimum atomic E-state index is -1.03. The molecule has 1 heterocycles. The zero-order valence-corrected chi connectivity index (χ0v) is 14.1. The second kappa shape index (κ2) is 7.68. The van der Waals surface area contributed by atoms with Crippen molar-refractivity contribution in [3.8, 4) is 0 Å². The molecule has 5 nitrogen and oxygen atoms in total. The van der Waals surface area contributed by atoms with Gasteiger partial charge in [0, 0.05) is 5.02 Å². The van der Waals surface area contributed by atoms with Gasteiger partial charge in [0.1, 0.15) is 6.10 Å². The van der Waals surface area contributed by atoms with Gasteiger partial charge in [-0.15, -0.1) is 0 Å². The van der Waals surface area contributed by atoms with E-state index in [0.29, 0.717) is 17.9 Å². The molecule has 1 fully saturated rings. The van der Waals surface area contributed by atoms with Crippen LogP contribution in [0.1, 0.15) is 30.0 Å². The van der Waals surface area contributed by atoms with Crippen molar-refractivity contribution in [3.05, 3.63) is 70.7 Å². The molecule has 1 aliphatic heterocycles. The van der Waals surface area contributed by atoms with Crippen LogP contribution in [0.15, 0.2) is 54.6 Å². The quantitative estimate of drug-likeness (QED) is 0.859. The van der Waals surface area contributed by atoms with E-state index in [1.54, 1.807) is 12.1 Å². The maximum Gasteiger partial charge on any atom is 0.332 e. The third kappa shape index (κ3) is 4.18. The predicted octanol–water partition coefficient (Wildman–Crippen LogP) is 3.18. The van der Waals surface area contributed by atoms with Gasteiger partial charge in [-0.05, 0) is 36.1 Å². The minimum absolute atomic E-state index is 0.312. The zero-order chi connectivity index (χ0) is 17.8. The molecule has 0 spiro atoms. The summed E-state index contributed by atoms with van der Waals surface area (Å²) in [7, 11) is 0. The lowest BCUT2D eigenvalue weighted by Gasteiger charge is -2.22. The van der Waals surface area contributed by atoms with Crippen LogP contribution in [0.5, 0.6) is 0 Å². The van der Waals surface area contributed by atoms with Crippen molar-refractivity contribution in [2.24, 2.45) is 0 Å². The van der Waals surface area contributed by atoms with Crippen LogP contribution in [0.3, 0.4) is 0 Å². The number of ether oxygens (including phenoxy) is 1. The molecule has 1 amide bonds. The summed E-state index contributed by atoms with van der Waals surface area (Å²) in [4.78, 5) is 23.6. The summed E-state index contributed by atoms with van der Waals surface area (Å²) >= 11 is 5.95. The van der Waals surface area contributed by atoms with Gasteiger partial charge in [-0.25, -0.2) is 4.79 Å². The number of rotatable bonds is 5. The van der Waals surface area contributed by atoms with Crippen LogP contribution in [0, 0.1) is 0 Å². The standard InChI is InChI=1S/C19H18ClNO4/c20-14-8-6-13(7-9-14)17(12-4-2-1-3-5-12)21-18(22)15-10-11-16(25-15)19(23)24/h1-9,15-17H,10-11H2,(H,21,22)(H,23,24)/t15-,16+,17?/m0/s1. The van der Waals surface area contributed by atoms with Crippen LogP contribution in [-0.2, 0) is 14.3 Å². The number of aliphatic carboxylic acids is 1. The van der Waals surface area contributed by atoms with E-state index in [2.05, 4.69) is 5.32 Å². The van der Waals surface area contributed by atoms with Crippen molar-refractivity contribution in [1.82, 2.24) is 5.32 Å². The van der Waals surface area contributed by atoms with Crippen LogP contribution in [0.25, 0.3) is 0 Å². The summed E-state index contributed by atoms with van der Waals surface area (Å²) in [6.07, 6.45) is -0.934. The summed E-state index contributed by atoms with van der Waals surface area (Å²) in [5, 5.41) is 12.6. The smallest absolute Gasteiger partial charge is 0.332 e. The first-order valence-corrected chi connectivity index (χ1v) is 8.41. The third-order valence-corrected chi connectivity index (χ3v) is 4.46. The van der Waals surface area contributed by atoms with Crippen molar-refractivity contribution in [2.75, 3.05) is 0 Å². The van der Waals surface area contributed by atoms with E-state index in [0.717, 1.165) is 11.1 Å². The SMILES string of the molecule is O=C(NC(c1ccccc1)c1ccc(Cl)cc1)[C@@H]1CC[C@H](C(=O)O)O1. The molecule has 0 aliphatic carbocycles. The van der Waals surface area contributed by atoms with E-state index < -0.39 is 18.2 Å². The van der Waals surface area contributed by atoms with Crippen molar-refractivity contribution in [1.29, 1.82) is 0 Å². The van der Waals surface area contributed by atoms with Gasteiger partial charge in [-0.2, -0.15) is 0 Å². The van der Waals surface area contributed by atoms with Crippen LogP contribution in [0.4, 0.5) is 0 Å². The number of carbonyl (C=O) groups excluding carboxylic acids is 1. The number of benzene rings is 2. The van der Waals surface area contributed by atoms with E-state index in [9.17, 15) is 9.59 Å². The predicted molar refractivity (Wildman–Crippen MR) is 93.4 cm³/mol. The highest BCUT2D eigenvalue weighted by molar-refractivity contribution is 6.30. The molecule has 3 atom stereocenters. The second-order valence-electron chi connectivity index (χ2n) is 5.93. The Balaban J connectivity index is 1.80. The van der Waals surface area contributed by atoms with Crippen LogP contribution in [-0.4, -0.2) is 29.2 Å². The Labute approximate surface area is 150 Å². The van der Waals surface area contributed by atoms with Gasteiger partial charge < -0.3 is 15.2 Å². The largest absolute Gasteiger partial charge is 0.479 e. The Kier molecular flexibility index (Phi) is 5.36. The van der Waals surface area contributed by atoms with Crippen LogP contribution < -0.4 is 5.32 Å². The fraction of sp³-hybridized carbons (Fsp3) is 0.263. The number of hydrogen-bond donors (Lipinski definition) is 2. The topological polar surface area (TPSA) is 75.6 Å². The summed E-state index contributed by atoms with van der Waals surface area (Å²) in [5.41, 5.74) is 1.81. The summed E-state index contributed by atoms with van der Waals surface area (Å²) in [6.45, 7) is 0. The Hall–Kier alpha value is -2.37. The number of halogens is 1. The van der Waals surface area contributed by atoms with Gasteiger partial charge in [0.2, 0.25) is 5.91 Å². The number of carbonyl (C=O) groups is 2. The van der Waals surface area contributed by atoms with Crippen molar-refractivity contribution in [3.63, 3.8) is 0 Å². The number of nitrogens with one attached hydrogen (secondary N) is 1. The number of amides is 1. The number of carboxylic acids is 1. The molecule has 2 aromatic rings. The van der Waals surface area contributed by atoms with Gasteiger partial charge in [-0.1, -0.05) is 54.1 Å². The first-order valence-electron chi connectivity index (χ1n) is 8.03. The molecule has 1 saturated heterocycles. The second-order valence-corrected chi connectivity index (χ2v) is 6.37. The summed E-state index contributed by atoms with van der Waals surface area (Å²) in [6, 6.07) is 16.4. The van der Waals surface area contributed by atoms with E-state index >= 15 is 0 Å². The fourth-order valence-corrected chi connectivity index (χ4v) is 3.03. The van der Waals surface area contributed by atoms with Gasteiger partial charge in [0.05, 0.1) is 6.04 Å². The highest BCUT2D eigenvalue weighted by atomic mass is 35.5. The van der Waals surface area contributed by atoms with E-state index in [1.165, 1.54) is 0 Å². The maximum absolute atomic E-state index is 12.6. The Bertz CT molecular complexity index is 748. The summed E-state index contributed by atoms with van der Waals surface area (Å²) < 4.78 is 5.34. The number of carboxylic acid groups (broad SMARTS) is 1. The average molecular weight is 360 g/mol. The van der Waals surface area contributed by atoms with Gasteiger partial charge in [0.25, 0.3) is 0 Å². The van der Waals surface area contributed by atoms with Crippen LogP contribution >= 0.6 is 11.6 Å². The molecule has 3 rings (SSSR count). The van der Waals surface area contributed by atoms with Gasteiger partial charge in [0.15, 0.2) is 6.10 Å². The molecule has 130 valence electrons. The Morgan fingerprint density at radius 2 is 1.60 bits per heavy atom. The molecule has 2 N–H and O–H groups in total. The Morgan fingerprint density at radius 3 is 2.20 bits per heavy atom. The average Bonchev–Trinajstić information content (AvgIpc) is 3.12. The Morgan fingerprint density at radius 1 is 1.00 bits per heavy atom. The molecule has 0 saturated carbocycles. The third-order valence-electron chi connectivity index (χ3n) is 4.21. The lowest BCUT2D eigenvalue weighted by Crippen LogP contribution is -2.38. The maximum atomic E-state index is 12.6. The van der Waals surface area contributed by atoms with Gasteiger partial charge in [-0.3, -0.25) is 4.79 Å². The molecule has 6 heteroatoms. The molecular formula is C19H18ClNO4. The molecular weight excluding hydrogens is 342 g/mol. The minimum Gasteiger partial charge on any atom is -0.479 e. The van der Waals surface area contributed by atoms with Crippen LogP contribution in [0.2, 0.25) is 5.02 Å². The molecule has 0 aromatic heterocycles. The highest BCUT2D eigenvalue weighted by Crippen LogP contribution is 2.26. The molecule has 0 bridgehead atoms. The van der Waals surface area contributed by atoms with Crippen molar-refractivity contribution < 1.29 is 19.4 Å². The molecule has 1 unspecified atom stereocenters. The van der Waals surface area contributed by atoms with E-state index in [-0.39, 0.29) is 11.9 Å². The van der Waals surface area contributed by atoms with E-state index in [1.807, 2.05) is 42.5 Å². The normalized spacial score (nSPS) is 20.8. The molecule has 25 heavy (non-hydrogen) atoms. The summed E-state index contributed by atoms with van der Waals surface area (Å²) in [5.74, 6) is -1.35. The lowest BCUT2D eigenvalue weighted by atomic mass is 9.98. The first-order chi connectivity index (χ1) is 12.0. The first kappa shape index (κ1) is 17.5. The lowest BCUT2D eigenvalue weighted by molar-refractivity contribution is -0.151. The van der Waals surface area contributed by atoms with Crippen molar-refractivity contribution in [2.45, 2.75) is 31.1 Å². The highest BCUT2D eigenvalue weighted by Gasteiger charge is 2.35. The van der Waals surface area contributed by atoms with E-state index in [4.69, 9.17) is 21.4 Å². The molecule has 2 aromatic carbocycles. The molecule has 0 radical (unpaired) electrons.